The molecule has 308 valence electrons. The van der Waals surface area contributed by atoms with Crippen molar-refractivity contribution in [3.8, 4) is 0 Å². The van der Waals surface area contributed by atoms with Crippen LogP contribution in [0.25, 0.3) is 0 Å². The van der Waals surface area contributed by atoms with E-state index in [4.69, 9.17) is 18.9 Å². The van der Waals surface area contributed by atoms with Gasteiger partial charge in [0.15, 0.2) is 5.79 Å². The van der Waals surface area contributed by atoms with E-state index in [1.165, 1.54) is 14.0 Å². The summed E-state index contributed by atoms with van der Waals surface area (Å²) in [4.78, 5) is 61.6. The summed E-state index contributed by atoms with van der Waals surface area (Å²) in [5.41, 5.74) is -0.403. The third kappa shape index (κ3) is 11.7. The van der Waals surface area contributed by atoms with Crippen molar-refractivity contribution in [2.75, 3.05) is 7.11 Å². The minimum atomic E-state index is -1.63. The lowest BCUT2D eigenvalue weighted by molar-refractivity contribution is -0.338. The van der Waals surface area contributed by atoms with E-state index in [0.29, 0.717) is 18.8 Å². The molecule has 2 fully saturated rings. The van der Waals surface area contributed by atoms with Crippen LogP contribution in [-0.2, 0) is 47.7 Å². The molecule has 0 aromatic rings. The zero-order chi connectivity index (χ0) is 40.7. The highest BCUT2D eigenvalue weighted by molar-refractivity contribution is 6.12. The maximum Gasteiger partial charge on any atom is 0.345 e. The second-order valence-electron chi connectivity index (χ2n) is 16.8. The summed E-state index contributed by atoms with van der Waals surface area (Å²) < 4.78 is 29.1. The molecule has 1 spiro atoms. The third-order valence-corrected chi connectivity index (χ3v) is 12.1. The predicted molar refractivity (Wildman–Crippen MR) is 197 cm³/mol. The number of carbonyl (C=O) groups excluding carboxylic acids is 5. The van der Waals surface area contributed by atoms with Crippen molar-refractivity contribution in [1.29, 1.82) is 0 Å². The lowest BCUT2D eigenvalue weighted by Gasteiger charge is -2.51. The fourth-order valence-corrected chi connectivity index (χ4v) is 8.02. The number of rotatable bonds is 20. The zero-order valence-corrected chi connectivity index (χ0v) is 34.0. The summed E-state index contributed by atoms with van der Waals surface area (Å²) in [5.74, 6) is -4.07. The monoisotopic (exact) mass is 768 g/mol. The molecule has 3 heterocycles. The van der Waals surface area contributed by atoms with Gasteiger partial charge in [-0.25, -0.2) is 9.59 Å². The van der Waals surface area contributed by atoms with Gasteiger partial charge in [0, 0.05) is 43.8 Å². The van der Waals surface area contributed by atoms with E-state index in [1.54, 1.807) is 27.7 Å². The van der Waals surface area contributed by atoms with Crippen molar-refractivity contribution in [1.82, 2.24) is 0 Å². The van der Waals surface area contributed by atoms with Gasteiger partial charge in [0.05, 0.1) is 42.5 Å². The maximum atomic E-state index is 13.3. The average Bonchev–Trinajstić information content (AvgIpc) is 3.37. The molecular formula is C41H66O13. The minimum Gasteiger partial charge on any atom is -0.459 e. The van der Waals surface area contributed by atoms with Gasteiger partial charge >= 0.3 is 17.9 Å². The Morgan fingerprint density at radius 1 is 0.852 bits per heavy atom. The van der Waals surface area contributed by atoms with Gasteiger partial charge in [-0.3, -0.25) is 14.4 Å². The number of ether oxygens (including phenoxy) is 5. The van der Waals surface area contributed by atoms with Gasteiger partial charge in [-0.2, -0.15) is 0 Å². The molecule has 3 N–H and O–H groups in total. The molecule has 54 heavy (non-hydrogen) atoms. The summed E-state index contributed by atoms with van der Waals surface area (Å²) >= 11 is 0. The Morgan fingerprint density at radius 2 is 1.48 bits per heavy atom. The second-order valence-corrected chi connectivity index (χ2v) is 16.8. The lowest BCUT2D eigenvalue weighted by Crippen LogP contribution is -2.53. The van der Waals surface area contributed by atoms with E-state index in [0.717, 1.165) is 38.5 Å². The maximum absolute atomic E-state index is 13.3. The Balaban J connectivity index is 1.54. The molecule has 0 radical (unpaired) electrons. The molecule has 3 rings (SSSR count). The van der Waals surface area contributed by atoms with E-state index >= 15 is 0 Å². The number of hydrogen-bond donors (Lipinski definition) is 3. The van der Waals surface area contributed by atoms with Crippen molar-refractivity contribution in [3.05, 3.63) is 11.1 Å². The predicted octanol–water partition coefficient (Wildman–Crippen LogP) is 4.79. The van der Waals surface area contributed by atoms with Gasteiger partial charge < -0.3 is 39.0 Å². The normalized spacial score (nSPS) is 29.3. The van der Waals surface area contributed by atoms with Crippen LogP contribution in [-0.4, -0.2) is 100 Å². The number of carbonyl (C=O) groups is 5. The van der Waals surface area contributed by atoms with Gasteiger partial charge in [0.25, 0.3) is 0 Å². The largest absolute Gasteiger partial charge is 0.459 e. The third-order valence-electron chi connectivity index (χ3n) is 12.1. The van der Waals surface area contributed by atoms with E-state index in [1.807, 2.05) is 6.92 Å². The number of Topliss-reactive ketones (excluding diaryl/α,β-unsaturated/α-hetero) is 2. The Labute approximate surface area is 320 Å². The topological polar surface area (TPSA) is 192 Å². The molecule has 2 saturated heterocycles. The smallest absolute Gasteiger partial charge is 0.345 e. The highest BCUT2D eigenvalue weighted by Crippen LogP contribution is 2.45. The quantitative estimate of drug-likeness (QED) is 0.0872. The fourth-order valence-electron chi connectivity index (χ4n) is 8.02. The van der Waals surface area contributed by atoms with Crippen LogP contribution in [0.1, 0.15) is 127 Å². The van der Waals surface area contributed by atoms with Gasteiger partial charge in [-0.05, 0) is 76.0 Å². The Hall–Kier alpha value is -2.55. The number of aliphatic hydroxyl groups is 3. The Kier molecular flexibility index (Phi) is 17.0. The molecule has 0 amide bonds. The first-order valence-electron chi connectivity index (χ1n) is 19.8. The van der Waals surface area contributed by atoms with Crippen molar-refractivity contribution in [2.24, 2.45) is 35.5 Å². The van der Waals surface area contributed by atoms with Crippen LogP contribution >= 0.6 is 0 Å². The fraction of sp³-hybridized carbons (Fsp3) is 0.829. The molecule has 13 nitrogen and oxygen atoms in total. The molecule has 0 saturated carbocycles. The number of aliphatic hydroxyl groups excluding tert-OH is 3. The number of ketones is 2. The Morgan fingerprint density at radius 3 is 2.04 bits per heavy atom. The molecule has 3 aliphatic heterocycles. The summed E-state index contributed by atoms with van der Waals surface area (Å²) in [7, 11) is 1.32. The summed E-state index contributed by atoms with van der Waals surface area (Å²) in [6, 6.07) is 0. The van der Waals surface area contributed by atoms with Crippen molar-refractivity contribution >= 4 is 29.5 Å². The number of esters is 3. The van der Waals surface area contributed by atoms with Gasteiger partial charge in [0.1, 0.15) is 23.8 Å². The highest BCUT2D eigenvalue weighted by atomic mass is 16.7. The number of cyclic esters (lactones) is 2. The molecule has 3 aliphatic rings. The van der Waals surface area contributed by atoms with Gasteiger partial charge in [-0.15, -0.1) is 0 Å². The standard InChI is InChI=1S/C41H66O13/c1-21(2)36(51-34(47)20-31(45)35-27(8)39(48)52-40(35)49)38(50-10)32(46)19-30(44)26(7)29(43)13-11-24(5)37-25(6)16-18-41(54-37)17-15-23(4)33(53-41)14-12-22(3)28(9)42/h21-26,29,31-33,36-38,43,45-46H,11-20H2,1-10H3/t22-,23+,24+,25-,26-,29-,31+,32+,33-,36+,37-,38-,41+/m0/s1/i32+1,36+1. The minimum absolute atomic E-state index is 0.00210. The summed E-state index contributed by atoms with van der Waals surface area (Å²) in [5, 5.41) is 32.7. The zero-order valence-electron chi connectivity index (χ0n) is 34.0. The van der Waals surface area contributed by atoms with Crippen LogP contribution in [0, 0.1) is 35.5 Å². The van der Waals surface area contributed by atoms with Crippen LogP contribution in [0.3, 0.4) is 0 Å². The average molecular weight is 769 g/mol. The van der Waals surface area contributed by atoms with Crippen LogP contribution in [0.4, 0.5) is 0 Å². The molecule has 0 aliphatic carbocycles. The highest BCUT2D eigenvalue weighted by Gasteiger charge is 2.48. The molecule has 13 heteroatoms. The van der Waals surface area contributed by atoms with Crippen LogP contribution < -0.4 is 0 Å². The van der Waals surface area contributed by atoms with Crippen molar-refractivity contribution < 1.29 is 63.0 Å². The van der Waals surface area contributed by atoms with Crippen molar-refractivity contribution in [2.45, 2.75) is 175 Å². The van der Waals surface area contributed by atoms with Crippen LogP contribution in [0.5, 0.6) is 0 Å². The van der Waals surface area contributed by atoms with E-state index in [2.05, 4.69) is 25.5 Å². The molecule has 0 aromatic carbocycles. The molecular weight excluding hydrogens is 702 g/mol. The Bertz CT molecular complexity index is 1350. The lowest BCUT2D eigenvalue weighted by atomic mass is 9.79. The van der Waals surface area contributed by atoms with Gasteiger partial charge in [0.2, 0.25) is 0 Å². The SMILES string of the molecule is CO[C@@H]([13C@H](O)CC(=O)[C@@H](C)[C@@H](O)CC[C@@H](C)[C@@H]1O[C@]2(CC[C@@H](C)[C@H](CC[C@H](C)C(C)=O)O2)CC[C@@H]1C)[13C@H](OC(=O)C[C@@H](O)C1=C(C)C(=O)OC1=O)C(C)C. The summed E-state index contributed by atoms with van der Waals surface area (Å²) in [6.45, 7) is 16.5. The van der Waals surface area contributed by atoms with Crippen molar-refractivity contribution in [3.63, 3.8) is 0 Å². The second kappa shape index (κ2) is 20.0. The first-order valence-corrected chi connectivity index (χ1v) is 19.8. The molecule has 0 bridgehead atoms. The molecule has 0 unspecified atom stereocenters. The van der Waals surface area contributed by atoms with Crippen LogP contribution in [0.15, 0.2) is 11.1 Å². The van der Waals surface area contributed by atoms with Gasteiger partial charge in [-0.1, -0.05) is 48.5 Å². The first-order chi connectivity index (χ1) is 25.2. The van der Waals surface area contributed by atoms with E-state index in [9.17, 15) is 39.3 Å². The van der Waals surface area contributed by atoms with Crippen LogP contribution in [0.2, 0.25) is 0 Å². The first kappa shape index (κ1) is 45.8. The molecule has 13 atom stereocenters. The molecule has 0 aromatic heterocycles. The number of methoxy groups -OCH3 is 1. The number of hydrogen-bond acceptors (Lipinski definition) is 13. The van der Waals surface area contributed by atoms with E-state index in [-0.39, 0.29) is 65.0 Å². The summed E-state index contributed by atoms with van der Waals surface area (Å²) in [6.07, 6.45) is -1.03. The van der Waals surface area contributed by atoms with E-state index < -0.39 is 66.6 Å².